The van der Waals surface area contributed by atoms with E-state index in [1.165, 1.54) is 29.2 Å². The van der Waals surface area contributed by atoms with Crippen molar-refractivity contribution in [2.24, 2.45) is 11.5 Å². The van der Waals surface area contributed by atoms with E-state index in [0.29, 0.717) is 18.4 Å². The van der Waals surface area contributed by atoms with Gasteiger partial charge < -0.3 is 68.1 Å². The second kappa shape index (κ2) is 21.9. The van der Waals surface area contributed by atoms with E-state index in [0.717, 1.165) is 0 Å². The zero-order chi connectivity index (χ0) is 37.9. The minimum atomic E-state index is -1.63. The first-order valence-electron chi connectivity index (χ1n) is 16.3. The number of nitrogens with zero attached hydrogens (tertiary/aromatic N) is 1. The summed E-state index contributed by atoms with van der Waals surface area (Å²) in [7, 11) is 0. The van der Waals surface area contributed by atoms with Gasteiger partial charge in [0.2, 0.25) is 29.5 Å². The van der Waals surface area contributed by atoms with E-state index in [9.17, 15) is 54.0 Å². The van der Waals surface area contributed by atoms with E-state index in [1.54, 1.807) is 0 Å². The van der Waals surface area contributed by atoms with Crippen molar-refractivity contribution in [3.05, 3.63) is 29.8 Å². The van der Waals surface area contributed by atoms with Gasteiger partial charge in [-0.25, -0.2) is 9.59 Å². The van der Waals surface area contributed by atoms with Gasteiger partial charge in [-0.05, 0) is 49.9 Å². The summed E-state index contributed by atoms with van der Waals surface area (Å²) < 4.78 is 5.18. The molecule has 0 bridgehead atoms. The SMILES string of the molecule is NCCCC[C@H](NC(=O)[C@H](CO)NC(=O)[C@H](CO)NC(=O)N1CCOCC1)C(=O)N[C@@H](Cc1ccc(O)cc1)C(=O)N[C@@H](CCC(N)=O)C(=O)O. The molecule has 0 aliphatic carbocycles. The molecule has 0 saturated carbocycles. The van der Waals surface area contributed by atoms with E-state index < -0.39 is 85.0 Å². The second-order valence-electron chi connectivity index (χ2n) is 11.7. The molecule has 1 heterocycles. The molecule has 0 radical (unpaired) electrons. The molecule has 51 heavy (non-hydrogen) atoms. The molecule has 1 fully saturated rings. The Morgan fingerprint density at radius 1 is 0.725 bits per heavy atom. The van der Waals surface area contributed by atoms with Crippen LogP contribution in [-0.2, 0) is 39.9 Å². The maximum absolute atomic E-state index is 13.6. The van der Waals surface area contributed by atoms with Crippen LogP contribution in [-0.4, -0.2) is 143 Å². The topological polar surface area (TPSA) is 325 Å². The third-order valence-electron chi connectivity index (χ3n) is 7.79. The van der Waals surface area contributed by atoms with E-state index >= 15 is 0 Å². The Balaban J connectivity index is 2.22. The Labute approximate surface area is 293 Å². The summed E-state index contributed by atoms with van der Waals surface area (Å²) in [4.78, 5) is 90.1. The standard InChI is InChI=1S/C31H48N8O12/c32-10-2-1-3-20(34-28(46)23(16-40)37-29(47)24(17-41)38-31(50)39-11-13-51-14-12-39)26(44)36-22(15-18-4-6-19(42)7-5-18)27(45)35-21(30(48)49)8-9-25(33)43/h4-7,20-24,40-42H,1-3,8-17,32H2,(H2,33,43)(H,34,46)(H,35,45)(H,36,44)(H,37,47)(H,38,50)(H,48,49)/t20-,21-,22-,23-,24-/m0/s1. The van der Waals surface area contributed by atoms with Crippen molar-refractivity contribution in [2.75, 3.05) is 46.1 Å². The Kier molecular flexibility index (Phi) is 18.1. The number of nitrogens with one attached hydrogen (secondary N) is 5. The van der Waals surface area contributed by atoms with Gasteiger partial charge in [-0.3, -0.25) is 24.0 Å². The smallest absolute Gasteiger partial charge is 0.326 e. The summed E-state index contributed by atoms with van der Waals surface area (Å²) in [5.41, 5.74) is 11.2. The number of aliphatic hydroxyl groups excluding tert-OH is 2. The number of nitrogens with two attached hydrogens (primary N) is 2. The van der Waals surface area contributed by atoms with E-state index in [-0.39, 0.29) is 64.3 Å². The van der Waals surface area contributed by atoms with Crippen LogP contribution < -0.4 is 38.1 Å². The second-order valence-corrected chi connectivity index (χ2v) is 11.7. The lowest BCUT2D eigenvalue weighted by Crippen LogP contribution is -2.60. The number of aliphatic hydroxyl groups is 2. The van der Waals surface area contributed by atoms with Gasteiger partial charge in [0, 0.05) is 25.9 Å². The number of carboxylic acids is 1. The van der Waals surface area contributed by atoms with Crippen LogP contribution in [0.5, 0.6) is 5.75 Å². The average molecular weight is 725 g/mol. The molecular formula is C31H48N8O12. The number of aliphatic carboxylic acids is 1. The predicted octanol–water partition coefficient (Wildman–Crippen LogP) is -4.25. The van der Waals surface area contributed by atoms with Gasteiger partial charge in [-0.15, -0.1) is 0 Å². The van der Waals surface area contributed by atoms with Gasteiger partial charge in [0.1, 0.15) is 36.0 Å². The number of ether oxygens (including phenoxy) is 1. The highest BCUT2D eigenvalue weighted by Gasteiger charge is 2.33. The fraction of sp³-hybridized carbons (Fsp3) is 0.581. The molecule has 5 atom stereocenters. The van der Waals surface area contributed by atoms with E-state index in [2.05, 4.69) is 26.6 Å². The number of carboxylic acid groups (broad SMARTS) is 1. The molecule has 0 spiro atoms. The van der Waals surface area contributed by atoms with Crippen LogP contribution in [0.2, 0.25) is 0 Å². The fourth-order valence-electron chi connectivity index (χ4n) is 4.87. The Hall–Kier alpha value is -5.05. The highest BCUT2D eigenvalue weighted by Crippen LogP contribution is 2.13. The van der Waals surface area contributed by atoms with E-state index in [1.807, 2.05) is 0 Å². The zero-order valence-electron chi connectivity index (χ0n) is 28.0. The number of morpholine rings is 1. The van der Waals surface area contributed by atoms with Gasteiger partial charge in [0.15, 0.2) is 0 Å². The Morgan fingerprint density at radius 2 is 1.24 bits per heavy atom. The first-order valence-corrected chi connectivity index (χ1v) is 16.3. The highest BCUT2D eigenvalue weighted by atomic mass is 16.5. The number of benzene rings is 1. The maximum atomic E-state index is 13.6. The van der Waals surface area contributed by atoms with Crippen LogP contribution in [0.25, 0.3) is 0 Å². The monoisotopic (exact) mass is 724 g/mol. The third kappa shape index (κ3) is 14.8. The molecule has 2 rings (SSSR count). The normalized spacial score (nSPS) is 15.6. The molecule has 20 heteroatoms. The van der Waals surface area contributed by atoms with Crippen molar-refractivity contribution in [2.45, 2.75) is 68.7 Å². The van der Waals surface area contributed by atoms with Crippen LogP contribution >= 0.6 is 0 Å². The Bertz CT molecular complexity index is 1340. The third-order valence-corrected chi connectivity index (χ3v) is 7.79. The molecule has 1 aliphatic rings. The van der Waals surface area contributed by atoms with Crippen molar-refractivity contribution >= 4 is 41.5 Å². The van der Waals surface area contributed by atoms with Crippen LogP contribution in [0.4, 0.5) is 4.79 Å². The number of amides is 7. The highest BCUT2D eigenvalue weighted by molar-refractivity contribution is 5.96. The minimum Gasteiger partial charge on any atom is -0.508 e. The molecule has 0 unspecified atom stereocenters. The van der Waals surface area contributed by atoms with Crippen molar-refractivity contribution in [1.29, 1.82) is 0 Å². The minimum absolute atomic E-state index is 0.000347. The van der Waals surface area contributed by atoms with Gasteiger partial charge in [0.25, 0.3) is 0 Å². The molecule has 20 nitrogen and oxygen atoms in total. The number of rotatable bonds is 21. The molecule has 0 aromatic heterocycles. The molecule has 1 saturated heterocycles. The van der Waals surface area contributed by atoms with E-state index in [4.69, 9.17) is 16.2 Å². The molecular weight excluding hydrogens is 676 g/mol. The van der Waals surface area contributed by atoms with Crippen molar-refractivity contribution < 1.29 is 58.7 Å². The number of phenolic OH excluding ortho intramolecular Hbond substituents is 1. The van der Waals surface area contributed by atoms with Gasteiger partial charge in [-0.2, -0.15) is 0 Å². The summed E-state index contributed by atoms with van der Waals surface area (Å²) in [5.74, 6) is -6.12. The number of hydrogen-bond acceptors (Lipinski definition) is 12. The number of aromatic hydroxyl groups is 1. The lowest BCUT2D eigenvalue weighted by atomic mass is 10.0. The van der Waals surface area contributed by atoms with Gasteiger partial charge in [-0.1, -0.05) is 12.1 Å². The number of hydrogen-bond donors (Lipinski definition) is 11. The largest absolute Gasteiger partial charge is 0.508 e. The summed E-state index contributed by atoms with van der Waals surface area (Å²) >= 11 is 0. The molecule has 1 aromatic rings. The lowest BCUT2D eigenvalue weighted by Gasteiger charge is -2.29. The quantitative estimate of drug-likeness (QED) is 0.0536. The van der Waals surface area contributed by atoms with Crippen LogP contribution in [0.15, 0.2) is 24.3 Å². The number of urea groups is 1. The maximum Gasteiger partial charge on any atom is 0.326 e. The fourth-order valence-corrected chi connectivity index (χ4v) is 4.87. The molecule has 1 aliphatic heterocycles. The number of unbranched alkanes of at least 4 members (excludes halogenated alkanes) is 1. The van der Waals surface area contributed by atoms with Crippen LogP contribution in [0.3, 0.4) is 0 Å². The number of primary amides is 1. The Morgan fingerprint density at radius 3 is 1.78 bits per heavy atom. The number of carbonyl (C=O) groups is 7. The van der Waals surface area contributed by atoms with Crippen LogP contribution in [0, 0.1) is 0 Å². The summed E-state index contributed by atoms with van der Waals surface area (Å²) in [5, 5.41) is 50.8. The molecule has 7 amide bonds. The summed E-state index contributed by atoms with van der Waals surface area (Å²) in [6.07, 6.45) is -0.0799. The summed E-state index contributed by atoms with van der Waals surface area (Å²) in [6, 6.07) is -2.42. The van der Waals surface area contributed by atoms with Crippen molar-refractivity contribution in [3.8, 4) is 5.75 Å². The van der Waals surface area contributed by atoms with Crippen molar-refractivity contribution in [3.63, 3.8) is 0 Å². The zero-order valence-corrected chi connectivity index (χ0v) is 28.0. The lowest BCUT2D eigenvalue weighted by molar-refractivity contribution is -0.142. The summed E-state index contributed by atoms with van der Waals surface area (Å²) in [6.45, 7) is -0.415. The van der Waals surface area contributed by atoms with Gasteiger partial charge in [0.05, 0.1) is 26.4 Å². The predicted molar refractivity (Wildman–Crippen MR) is 177 cm³/mol. The molecule has 1 aromatic carbocycles. The number of phenols is 1. The first-order chi connectivity index (χ1) is 24.3. The molecule has 284 valence electrons. The number of carbonyl (C=O) groups excluding carboxylic acids is 6. The van der Waals surface area contributed by atoms with Gasteiger partial charge >= 0.3 is 12.0 Å². The average Bonchev–Trinajstić information content (AvgIpc) is 3.11. The van der Waals surface area contributed by atoms with Crippen LogP contribution in [0.1, 0.15) is 37.7 Å². The first kappa shape index (κ1) is 42.1. The van der Waals surface area contributed by atoms with Crippen molar-refractivity contribution in [1.82, 2.24) is 31.5 Å². The molecule has 13 N–H and O–H groups in total.